The highest BCUT2D eigenvalue weighted by atomic mass is 16.4. The number of nitrogens with two attached hydrogens (primary N) is 3. The molecular formula is C31H34BN6O3. The topological polar surface area (TPSA) is 163 Å². The Labute approximate surface area is 241 Å². The summed E-state index contributed by atoms with van der Waals surface area (Å²) in [5, 5.41) is 9.51. The van der Waals surface area contributed by atoms with Crippen LogP contribution in [0, 0.1) is 0 Å². The van der Waals surface area contributed by atoms with Crippen LogP contribution < -0.4 is 17.2 Å². The molecule has 0 unspecified atom stereocenters. The molecule has 41 heavy (non-hydrogen) atoms. The molecule has 0 fully saturated rings. The molecule has 0 aliphatic rings. The van der Waals surface area contributed by atoms with Gasteiger partial charge < -0.3 is 26.9 Å². The molecule has 3 radical (unpaired) electrons. The Hall–Kier alpha value is -4.86. The zero-order valence-electron chi connectivity index (χ0n) is 23.1. The number of nitrogen functional groups attached to an aromatic ring is 3. The molecule has 5 rings (SSSR count). The van der Waals surface area contributed by atoms with Crippen LogP contribution >= 0.6 is 0 Å². The quantitative estimate of drug-likeness (QED) is 0.0828. The predicted molar refractivity (Wildman–Crippen MR) is 166 cm³/mol. The number of ketones is 1. The van der Waals surface area contributed by atoms with Gasteiger partial charge in [-0.05, 0) is 67.4 Å². The molecule has 209 valence electrons. The average molecular weight is 549 g/mol. The molecule has 0 atom stereocenters. The average Bonchev–Trinajstić information content (AvgIpc) is 3.33. The minimum Gasteiger partial charge on any atom is -0.478 e. The fourth-order valence-corrected chi connectivity index (χ4v) is 4.59. The number of Topliss-reactive ketones (excluding diaryl/α,β-unsaturated/α-hetero) is 1. The number of hydrogen-bond donors (Lipinski definition) is 4. The first-order chi connectivity index (χ1) is 19.3. The minimum atomic E-state index is -0.931. The summed E-state index contributed by atoms with van der Waals surface area (Å²) in [7, 11) is 0. The molecule has 10 heteroatoms. The number of hydrogen-bond acceptors (Lipinski definition) is 7. The molecule has 0 aliphatic heterocycles. The van der Waals surface area contributed by atoms with Gasteiger partial charge in [-0.15, -0.1) is 0 Å². The van der Waals surface area contributed by atoms with Gasteiger partial charge in [-0.2, -0.15) is 0 Å². The summed E-state index contributed by atoms with van der Waals surface area (Å²) in [6.45, 7) is 2.96. The van der Waals surface area contributed by atoms with Crippen LogP contribution in [0.4, 0.5) is 17.2 Å². The van der Waals surface area contributed by atoms with Crippen molar-refractivity contribution in [2.75, 3.05) is 17.2 Å². The van der Waals surface area contributed by atoms with E-state index < -0.39 is 5.97 Å². The van der Waals surface area contributed by atoms with Crippen LogP contribution in [0.15, 0.2) is 72.8 Å². The molecule has 0 amide bonds. The van der Waals surface area contributed by atoms with Gasteiger partial charge in [-0.3, -0.25) is 4.79 Å². The maximum Gasteiger partial charge on any atom is 0.335 e. The van der Waals surface area contributed by atoms with E-state index in [1.807, 2.05) is 18.2 Å². The number of nitrogens with zero attached hydrogens (tertiary/aromatic N) is 3. The summed E-state index contributed by atoms with van der Waals surface area (Å²) >= 11 is 0. The van der Waals surface area contributed by atoms with Crippen LogP contribution in [-0.2, 0) is 13.0 Å². The Morgan fingerprint density at radius 2 is 1.41 bits per heavy atom. The van der Waals surface area contributed by atoms with Crippen LogP contribution in [0.25, 0.3) is 21.9 Å². The Bertz CT molecular complexity index is 1630. The third-order valence-corrected chi connectivity index (χ3v) is 6.68. The second-order valence-corrected chi connectivity index (χ2v) is 9.53. The number of aromatic nitrogens is 3. The van der Waals surface area contributed by atoms with Crippen molar-refractivity contribution >= 4 is 59.3 Å². The van der Waals surface area contributed by atoms with Crippen LogP contribution in [0.2, 0.25) is 0 Å². The maximum atomic E-state index is 12.3. The number of anilines is 3. The monoisotopic (exact) mass is 549 g/mol. The van der Waals surface area contributed by atoms with Crippen LogP contribution in [0.5, 0.6) is 0 Å². The van der Waals surface area contributed by atoms with Crippen LogP contribution in [0.1, 0.15) is 59.1 Å². The fourth-order valence-electron chi connectivity index (χ4n) is 4.59. The first kappa shape index (κ1) is 30.7. The summed E-state index contributed by atoms with van der Waals surface area (Å²) in [4.78, 5) is 31.9. The molecule has 0 bridgehead atoms. The number of carbonyl (C=O) groups is 2. The highest BCUT2D eigenvalue weighted by Crippen LogP contribution is 2.29. The Morgan fingerprint density at radius 3 is 2.02 bits per heavy atom. The summed E-state index contributed by atoms with van der Waals surface area (Å²) in [5.74, 6) is 0.737. The molecule has 0 aliphatic carbocycles. The largest absolute Gasteiger partial charge is 0.478 e. The zero-order valence-corrected chi connectivity index (χ0v) is 23.1. The molecule has 0 saturated heterocycles. The summed E-state index contributed by atoms with van der Waals surface area (Å²) in [6, 6.07) is 21.2. The number of carboxylic acids is 1. The highest BCUT2D eigenvalue weighted by Gasteiger charge is 2.16. The van der Waals surface area contributed by atoms with E-state index in [4.69, 9.17) is 27.3 Å². The fraction of sp³-hybridized carbons (Fsp3) is 0.226. The number of unbranched alkanes of at least 4 members (excludes halogenated alkanes) is 2. The number of pyridine rings is 1. The van der Waals surface area contributed by atoms with Crippen molar-refractivity contribution in [3.63, 3.8) is 0 Å². The Morgan fingerprint density at radius 1 is 0.805 bits per heavy atom. The van der Waals surface area contributed by atoms with Gasteiger partial charge in [0.1, 0.15) is 11.3 Å². The third kappa shape index (κ3) is 7.42. The van der Waals surface area contributed by atoms with Gasteiger partial charge in [0.15, 0.2) is 11.6 Å². The van der Waals surface area contributed by atoms with Crippen molar-refractivity contribution in [1.82, 2.24) is 14.5 Å². The number of aromatic carboxylic acids is 1. The number of imidazole rings is 1. The molecule has 5 aromatic rings. The second-order valence-electron chi connectivity index (χ2n) is 9.53. The minimum absolute atomic E-state index is 0. The normalized spacial score (nSPS) is 10.6. The van der Waals surface area contributed by atoms with E-state index in [0.717, 1.165) is 65.6 Å². The van der Waals surface area contributed by atoms with Crippen molar-refractivity contribution in [2.45, 2.75) is 45.6 Å². The molecule has 9 nitrogen and oxygen atoms in total. The first-order valence-electron chi connectivity index (χ1n) is 13.3. The van der Waals surface area contributed by atoms with Gasteiger partial charge in [0.2, 0.25) is 0 Å². The van der Waals surface area contributed by atoms with Crippen LogP contribution in [-0.4, -0.2) is 39.8 Å². The lowest BCUT2D eigenvalue weighted by atomic mass is 10.0. The van der Waals surface area contributed by atoms with Gasteiger partial charge in [0.25, 0.3) is 0 Å². The van der Waals surface area contributed by atoms with E-state index in [0.29, 0.717) is 23.6 Å². The Balaban J connectivity index is 0.000000357. The number of carbonyl (C=O) groups excluding carboxylic acids is 1. The molecule has 0 spiro atoms. The van der Waals surface area contributed by atoms with E-state index in [1.165, 1.54) is 12.1 Å². The molecule has 7 N–H and O–H groups in total. The second kappa shape index (κ2) is 14.0. The van der Waals surface area contributed by atoms with E-state index in [-0.39, 0.29) is 19.8 Å². The highest BCUT2D eigenvalue weighted by molar-refractivity contribution is 6.06. The number of fused-ring (bicyclic) bond motifs is 3. The molecule has 2 aromatic heterocycles. The van der Waals surface area contributed by atoms with Crippen molar-refractivity contribution in [1.29, 1.82) is 0 Å². The number of benzene rings is 3. The smallest absolute Gasteiger partial charge is 0.335 e. The number of aryl methyl sites for hydroxylation is 2. The Kier molecular flexibility index (Phi) is 10.5. The molecule has 0 saturated carbocycles. The third-order valence-electron chi connectivity index (χ3n) is 6.68. The lowest BCUT2D eigenvalue weighted by molar-refractivity contribution is 0.0696. The van der Waals surface area contributed by atoms with Gasteiger partial charge in [-0.25, -0.2) is 14.8 Å². The number of rotatable bonds is 9. The summed E-state index contributed by atoms with van der Waals surface area (Å²) in [5.41, 5.74) is 22.2. The predicted octanol–water partition coefficient (Wildman–Crippen LogP) is 5.34. The van der Waals surface area contributed by atoms with Crippen molar-refractivity contribution in [2.24, 2.45) is 0 Å². The van der Waals surface area contributed by atoms with Gasteiger partial charge in [0, 0.05) is 50.1 Å². The van der Waals surface area contributed by atoms with E-state index >= 15 is 0 Å². The zero-order chi connectivity index (χ0) is 28.6. The van der Waals surface area contributed by atoms with E-state index in [9.17, 15) is 9.59 Å². The summed E-state index contributed by atoms with van der Waals surface area (Å²) in [6.07, 6.45) is 4.20. The molecule has 2 heterocycles. The van der Waals surface area contributed by atoms with Gasteiger partial charge >= 0.3 is 5.97 Å². The van der Waals surface area contributed by atoms with Crippen molar-refractivity contribution < 1.29 is 14.7 Å². The summed E-state index contributed by atoms with van der Waals surface area (Å²) < 4.78 is 2.28. The van der Waals surface area contributed by atoms with Crippen molar-refractivity contribution in [3.8, 4) is 0 Å². The number of carboxylic acid groups (broad SMARTS) is 1. The first-order valence-corrected chi connectivity index (χ1v) is 13.3. The SMILES string of the molecule is CCc1nc2c(N)nc3ccccc3c2n1CCCCCC(=O)c1ccc(N)cc1.Nc1ccc(C(=O)O)cc1.[B]. The van der Waals surface area contributed by atoms with E-state index in [2.05, 4.69) is 22.5 Å². The standard InChI is InChI=1S/C24H27N5O.C7H7NO2.B/c1-2-21-28-22-23(18-8-5-6-9-19(18)27-24(22)26)29(21)15-7-3-4-10-20(30)16-11-13-17(25)14-12-16;8-6-3-1-5(2-4-6)7(9)10;/h5-6,8-9,11-14H,2-4,7,10,15,25H2,1H3,(H2,26,27);1-4H,8H2,(H,9,10);. The molecular weight excluding hydrogens is 515 g/mol. The van der Waals surface area contributed by atoms with Crippen molar-refractivity contribution in [3.05, 3.63) is 89.7 Å². The van der Waals surface area contributed by atoms with Gasteiger partial charge in [0.05, 0.1) is 16.6 Å². The lowest BCUT2D eigenvalue weighted by Crippen LogP contribution is -2.04. The molecule has 3 aromatic carbocycles. The maximum absolute atomic E-state index is 12.3. The van der Waals surface area contributed by atoms with Crippen LogP contribution in [0.3, 0.4) is 0 Å². The number of para-hydroxylation sites is 1. The lowest BCUT2D eigenvalue weighted by Gasteiger charge is -2.10. The van der Waals surface area contributed by atoms with Gasteiger partial charge in [-0.1, -0.05) is 31.5 Å². The van der Waals surface area contributed by atoms with E-state index in [1.54, 1.807) is 36.4 Å².